The van der Waals surface area contributed by atoms with Gasteiger partial charge < -0.3 is 14.7 Å². The van der Waals surface area contributed by atoms with Crippen molar-refractivity contribution in [2.45, 2.75) is 12.5 Å². The van der Waals surface area contributed by atoms with E-state index in [1.165, 1.54) is 0 Å². The SMILES string of the molecule is COc1cccc(/C=C/C(=O)N(C)C(CCO)c2ccccc2)c1. The van der Waals surface area contributed by atoms with Gasteiger partial charge in [-0.1, -0.05) is 42.5 Å². The van der Waals surface area contributed by atoms with Crippen molar-refractivity contribution in [1.29, 1.82) is 0 Å². The normalized spacial score (nSPS) is 12.1. The first kappa shape index (κ1) is 17.8. The van der Waals surface area contributed by atoms with Crippen LogP contribution in [0.2, 0.25) is 0 Å². The van der Waals surface area contributed by atoms with Gasteiger partial charge >= 0.3 is 0 Å². The number of rotatable bonds is 7. The highest BCUT2D eigenvalue weighted by molar-refractivity contribution is 5.92. The van der Waals surface area contributed by atoms with Crippen molar-refractivity contribution in [2.24, 2.45) is 0 Å². The van der Waals surface area contributed by atoms with E-state index in [2.05, 4.69) is 0 Å². The van der Waals surface area contributed by atoms with Crippen molar-refractivity contribution in [3.63, 3.8) is 0 Å². The highest BCUT2D eigenvalue weighted by atomic mass is 16.5. The predicted molar refractivity (Wildman–Crippen MR) is 95.7 cm³/mol. The van der Waals surface area contributed by atoms with Gasteiger partial charge in [0.1, 0.15) is 5.75 Å². The topological polar surface area (TPSA) is 49.8 Å². The summed E-state index contributed by atoms with van der Waals surface area (Å²) in [4.78, 5) is 14.1. The number of ether oxygens (including phenoxy) is 1. The maximum atomic E-state index is 12.5. The molecule has 1 unspecified atom stereocenters. The Balaban J connectivity index is 2.12. The minimum Gasteiger partial charge on any atom is -0.497 e. The van der Waals surface area contributed by atoms with Gasteiger partial charge in [-0.05, 0) is 35.8 Å². The molecule has 0 saturated heterocycles. The van der Waals surface area contributed by atoms with Crippen molar-refractivity contribution in [2.75, 3.05) is 20.8 Å². The third-order valence-electron chi connectivity index (χ3n) is 3.91. The average molecular weight is 325 g/mol. The Morgan fingerprint density at radius 3 is 2.62 bits per heavy atom. The second-order valence-corrected chi connectivity index (χ2v) is 5.50. The Bertz CT molecular complexity index is 682. The van der Waals surface area contributed by atoms with Gasteiger partial charge in [-0.2, -0.15) is 0 Å². The van der Waals surface area contributed by atoms with Crippen molar-refractivity contribution in [1.82, 2.24) is 4.90 Å². The van der Waals surface area contributed by atoms with Crippen LogP contribution in [-0.4, -0.2) is 36.7 Å². The molecule has 2 aromatic rings. The van der Waals surface area contributed by atoms with Gasteiger partial charge in [0.2, 0.25) is 5.91 Å². The molecule has 4 heteroatoms. The Morgan fingerprint density at radius 1 is 1.21 bits per heavy atom. The third-order valence-corrected chi connectivity index (χ3v) is 3.91. The Hall–Kier alpha value is -2.59. The van der Waals surface area contributed by atoms with Gasteiger partial charge in [-0.3, -0.25) is 4.79 Å². The third kappa shape index (κ3) is 4.70. The van der Waals surface area contributed by atoms with Gasteiger partial charge in [-0.15, -0.1) is 0 Å². The highest BCUT2D eigenvalue weighted by Crippen LogP contribution is 2.23. The number of nitrogens with zero attached hydrogens (tertiary/aromatic N) is 1. The van der Waals surface area contributed by atoms with Gasteiger partial charge in [-0.25, -0.2) is 0 Å². The molecule has 126 valence electrons. The molecule has 0 aliphatic carbocycles. The zero-order chi connectivity index (χ0) is 17.4. The van der Waals surface area contributed by atoms with E-state index in [4.69, 9.17) is 4.74 Å². The molecule has 1 atom stereocenters. The lowest BCUT2D eigenvalue weighted by atomic mass is 10.0. The summed E-state index contributed by atoms with van der Waals surface area (Å²) in [7, 11) is 3.37. The first-order valence-electron chi connectivity index (χ1n) is 7.90. The minimum absolute atomic E-state index is 0.0246. The van der Waals surface area contributed by atoms with Crippen molar-refractivity contribution < 1.29 is 14.6 Å². The molecule has 0 saturated carbocycles. The van der Waals surface area contributed by atoms with E-state index in [9.17, 15) is 9.90 Å². The summed E-state index contributed by atoms with van der Waals surface area (Å²) < 4.78 is 5.18. The molecule has 2 rings (SSSR count). The van der Waals surface area contributed by atoms with Crippen LogP contribution in [0.25, 0.3) is 6.08 Å². The van der Waals surface area contributed by atoms with Gasteiger partial charge in [0.25, 0.3) is 0 Å². The van der Waals surface area contributed by atoms with Crippen LogP contribution in [0.4, 0.5) is 0 Å². The molecule has 2 aromatic carbocycles. The standard InChI is InChI=1S/C20H23NO3/c1-21(19(13-14-22)17-8-4-3-5-9-17)20(23)12-11-16-7-6-10-18(15-16)24-2/h3-12,15,19,22H,13-14H2,1-2H3/b12-11+. The number of aliphatic hydroxyl groups excluding tert-OH is 1. The smallest absolute Gasteiger partial charge is 0.246 e. The average Bonchev–Trinajstić information content (AvgIpc) is 2.64. The summed E-state index contributed by atoms with van der Waals surface area (Å²) in [6, 6.07) is 17.1. The van der Waals surface area contributed by atoms with E-state index in [0.717, 1.165) is 16.9 Å². The molecule has 0 heterocycles. The van der Waals surface area contributed by atoms with Gasteiger partial charge in [0, 0.05) is 19.7 Å². The Morgan fingerprint density at radius 2 is 1.96 bits per heavy atom. The lowest BCUT2D eigenvalue weighted by Crippen LogP contribution is -2.30. The fourth-order valence-electron chi connectivity index (χ4n) is 2.57. The zero-order valence-electron chi connectivity index (χ0n) is 14.1. The van der Waals surface area contributed by atoms with Crippen molar-refractivity contribution >= 4 is 12.0 Å². The van der Waals surface area contributed by atoms with Crippen LogP contribution in [0.15, 0.2) is 60.7 Å². The largest absolute Gasteiger partial charge is 0.497 e. The number of hydrogen-bond acceptors (Lipinski definition) is 3. The summed E-state index contributed by atoms with van der Waals surface area (Å²) in [6.07, 6.45) is 3.81. The predicted octanol–water partition coefficient (Wildman–Crippen LogP) is 3.29. The van der Waals surface area contributed by atoms with Crippen molar-refractivity contribution in [3.8, 4) is 5.75 Å². The molecular formula is C20H23NO3. The fourth-order valence-corrected chi connectivity index (χ4v) is 2.57. The Labute approximate surface area is 143 Å². The van der Waals surface area contributed by atoms with Gasteiger partial charge in [0.05, 0.1) is 13.2 Å². The molecule has 0 radical (unpaired) electrons. The van der Waals surface area contributed by atoms with E-state index in [1.54, 1.807) is 31.2 Å². The summed E-state index contributed by atoms with van der Waals surface area (Å²) in [6.45, 7) is 0.0246. The summed E-state index contributed by atoms with van der Waals surface area (Å²) in [5.41, 5.74) is 1.91. The number of hydrogen-bond donors (Lipinski definition) is 1. The van der Waals surface area contributed by atoms with Crippen LogP contribution < -0.4 is 4.74 Å². The second kappa shape index (κ2) is 8.89. The van der Waals surface area contributed by atoms with E-state index in [-0.39, 0.29) is 18.6 Å². The summed E-state index contributed by atoms with van der Waals surface area (Å²) in [5, 5.41) is 9.32. The quantitative estimate of drug-likeness (QED) is 0.795. The molecule has 4 nitrogen and oxygen atoms in total. The monoisotopic (exact) mass is 325 g/mol. The molecular weight excluding hydrogens is 302 g/mol. The molecule has 0 spiro atoms. The van der Waals surface area contributed by atoms with E-state index >= 15 is 0 Å². The van der Waals surface area contributed by atoms with E-state index < -0.39 is 0 Å². The van der Waals surface area contributed by atoms with E-state index in [0.29, 0.717) is 6.42 Å². The number of aliphatic hydroxyl groups is 1. The lowest BCUT2D eigenvalue weighted by molar-refractivity contribution is -0.127. The van der Waals surface area contributed by atoms with Crippen LogP contribution in [0.3, 0.4) is 0 Å². The number of amides is 1. The first-order valence-corrected chi connectivity index (χ1v) is 7.90. The number of carbonyl (C=O) groups is 1. The Kier molecular flexibility index (Phi) is 6.58. The molecule has 0 bridgehead atoms. The fraction of sp³-hybridized carbons (Fsp3) is 0.250. The highest BCUT2D eigenvalue weighted by Gasteiger charge is 2.19. The molecule has 0 aliphatic rings. The number of benzene rings is 2. The van der Waals surface area contributed by atoms with Crippen LogP contribution in [0, 0.1) is 0 Å². The molecule has 1 amide bonds. The van der Waals surface area contributed by atoms with Crippen LogP contribution >= 0.6 is 0 Å². The van der Waals surface area contributed by atoms with Crippen LogP contribution in [-0.2, 0) is 4.79 Å². The molecule has 1 N–H and O–H groups in total. The number of likely N-dealkylation sites (N-methyl/N-ethyl adjacent to an activating group) is 1. The first-order chi connectivity index (χ1) is 11.7. The maximum absolute atomic E-state index is 12.5. The van der Waals surface area contributed by atoms with Crippen LogP contribution in [0.1, 0.15) is 23.6 Å². The van der Waals surface area contributed by atoms with E-state index in [1.807, 2.05) is 54.6 Å². The van der Waals surface area contributed by atoms with Crippen LogP contribution in [0.5, 0.6) is 5.75 Å². The maximum Gasteiger partial charge on any atom is 0.246 e. The minimum atomic E-state index is -0.154. The van der Waals surface area contributed by atoms with Gasteiger partial charge in [0.15, 0.2) is 0 Å². The number of methoxy groups -OCH3 is 1. The lowest BCUT2D eigenvalue weighted by Gasteiger charge is -2.27. The van der Waals surface area contributed by atoms with Crippen molar-refractivity contribution in [3.05, 3.63) is 71.8 Å². The zero-order valence-corrected chi connectivity index (χ0v) is 14.1. The molecule has 0 aliphatic heterocycles. The summed E-state index contributed by atoms with van der Waals surface area (Å²) in [5.74, 6) is 0.639. The molecule has 0 aromatic heterocycles. The summed E-state index contributed by atoms with van der Waals surface area (Å²) >= 11 is 0. The molecule has 0 fully saturated rings. The second-order valence-electron chi connectivity index (χ2n) is 5.50. The number of carbonyl (C=O) groups excluding carboxylic acids is 1. The molecule has 24 heavy (non-hydrogen) atoms.